The van der Waals surface area contributed by atoms with Crippen molar-refractivity contribution in [3.8, 4) is 0 Å². The first-order valence-corrected chi connectivity index (χ1v) is 9.19. The second kappa shape index (κ2) is 7.50. The second-order valence-corrected chi connectivity index (χ2v) is 6.92. The Bertz CT molecular complexity index is 1080. The molecule has 1 N–H and O–H groups in total. The van der Waals surface area contributed by atoms with Crippen molar-refractivity contribution in [2.24, 2.45) is 0 Å². The zero-order chi connectivity index (χ0) is 18.8. The van der Waals surface area contributed by atoms with Crippen molar-refractivity contribution in [2.45, 2.75) is 19.5 Å². The van der Waals surface area contributed by atoms with E-state index in [9.17, 15) is 0 Å². The number of benzene rings is 2. The Hall–Kier alpha value is -2.70. The van der Waals surface area contributed by atoms with E-state index in [4.69, 9.17) is 23.2 Å². The molecule has 0 spiro atoms. The van der Waals surface area contributed by atoms with Crippen molar-refractivity contribution in [3.63, 3.8) is 0 Å². The standard InChI is InChI=1S/C19H16Cl2N6/c1-12(13-7-3-2-4-8-13)22-19-16-17(18(21)24-25-19)27(26-23-16)11-14-9-5-6-10-15(14)20/h2-10,12H,11H2,1H3,(H,22,25)/t12-/m0/s1. The van der Waals surface area contributed by atoms with Crippen LogP contribution in [0.25, 0.3) is 11.0 Å². The van der Waals surface area contributed by atoms with Gasteiger partial charge in [-0.05, 0) is 24.1 Å². The molecule has 8 heteroatoms. The number of rotatable bonds is 5. The third-order valence-corrected chi connectivity index (χ3v) is 4.95. The lowest BCUT2D eigenvalue weighted by Gasteiger charge is -2.14. The third kappa shape index (κ3) is 3.59. The topological polar surface area (TPSA) is 68.5 Å². The highest BCUT2D eigenvalue weighted by molar-refractivity contribution is 6.34. The minimum atomic E-state index is 0.0265. The van der Waals surface area contributed by atoms with Crippen molar-refractivity contribution in [3.05, 3.63) is 75.9 Å². The largest absolute Gasteiger partial charge is 0.360 e. The number of hydrogen-bond donors (Lipinski definition) is 1. The summed E-state index contributed by atoms with van der Waals surface area (Å²) < 4.78 is 1.69. The molecule has 2 aromatic carbocycles. The molecule has 2 aromatic heterocycles. The van der Waals surface area contributed by atoms with E-state index in [1.165, 1.54) is 0 Å². The lowest BCUT2D eigenvalue weighted by molar-refractivity contribution is 0.669. The zero-order valence-corrected chi connectivity index (χ0v) is 16.0. The van der Waals surface area contributed by atoms with Crippen molar-refractivity contribution >= 4 is 40.1 Å². The van der Waals surface area contributed by atoms with E-state index in [0.29, 0.717) is 28.4 Å². The van der Waals surface area contributed by atoms with Gasteiger partial charge in [0.1, 0.15) is 5.52 Å². The summed E-state index contributed by atoms with van der Waals surface area (Å²) in [5, 5.41) is 21.0. The molecule has 0 unspecified atom stereocenters. The van der Waals surface area contributed by atoms with Gasteiger partial charge in [-0.25, -0.2) is 4.68 Å². The summed E-state index contributed by atoms with van der Waals surface area (Å²) in [6.07, 6.45) is 0. The van der Waals surface area contributed by atoms with Gasteiger partial charge in [-0.1, -0.05) is 76.9 Å². The SMILES string of the molecule is C[C@H](Nc1nnc(Cl)c2c1nnn2Cc1ccccc1Cl)c1ccccc1. The van der Waals surface area contributed by atoms with Gasteiger partial charge in [0.2, 0.25) is 0 Å². The Balaban J connectivity index is 1.69. The first kappa shape index (κ1) is 17.7. The van der Waals surface area contributed by atoms with Crippen LogP contribution in [0.4, 0.5) is 5.82 Å². The molecule has 0 saturated carbocycles. The first-order valence-electron chi connectivity index (χ1n) is 8.43. The molecule has 136 valence electrons. The lowest BCUT2D eigenvalue weighted by atomic mass is 10.1. The average molecular weight is 399 g/mol. The molecule has 4 aromatic rings. The Kier molecular flexibility index (Phi) is 4.92. The van der Waals surface area contributed by atoms with Gasteiger partial charge in [0, 0.05) is 5.02 Å². The third-order valence-electron chi connectivity index (χ3n) is 4.32. The molecule has 0 aliphatic rings. The molecule has 27 heavy (non-hydrogen) atoms. The van der Waals surface area contributed by atoms with Gasteiger partial charge in [-0.3, -0.25) is 0 Å². The molecule has 0 radical (unpaired) electrons. The monoisotopic (exact) mass is 398 g/mol. The summed E-state index contributed by atoms with van der Waals surface area (Å²) >= 11 is 12.6. The predicted molar refractivity (Wildman–Crippen MR) is 107 cm³/mol. The fourth-order valence-corrected chi connectivity index (χ4v) is 3.31. The number of nitrogens with zero attached hydrogens (tertiary/aromatic N) is 5. The summed E-state index contributed by atoms with van der Waals surface area (Å²) in [5.74, 6) is 0.538. The van der Waals surface area contributed by atoms with Crippen molar-refractivity contribution in [1.82, 2.24) is 25.2 Å². The van der Waals surface area contributed by atoms with E-state index in [2.05, 4.69) is 25.8 Å². The molecular weight excluding hydrogens is 383 g/mol. The van der Waals surface area contributed by atoms with E-state index in [1.807, 2.05) is 61.5 Å². The summed E-state index contributed by atoms with van der Waals surface area (Å²) in [7, 11) is 0. The van der Waals surface area contributed by atoms with Crippen molar-refractivity contribution < 1.29 is 0 Å². The van der Waals surface area contributed by atoms with Gasteiger partial charge < -0.3 is 5.32 Å². The minimum Gasteiger partial charge on any atom is -0.360 e. The summed E-state index contributed by atoms with van der Waals surface area (Å²) in [4.78, 5) is 0. The number of halogens is 2. The zero-order valence-electron chi connectivity index (χ0n) is 14.5. The molecule has 0 fully saturated rings. The van der Waals surface area contributed by atoms with Gasteiger partial charge in [-0.15, -0.1) is 15.3 Å². The Labute approximate surface area is 166 Å². The van der Waals surface area contributed by atoms with Gasteiger partial charge in [0.05, 0.1) is 12.6 Å². The summed E-state index contributed by atoms with van der Waals surface area (Å²) in [5.41, 5.74) is 3.25. The maximum Gasteiger partial charge on any atom is 0.179 e. The lowest BCUT2D eigenvalue weighted by Crippen LogP contribution is -2.09. The molecule has 0 aliphatic carbocycles. The fourth-order valence-electron chi connectivity index (χ4n) is 2.89. The number of hydrogen-bond acceptors (Lipinski definition) is 5. The van der Waals surface area contributed by atoms with Crippen LogP contribution in [0.1, 0.15) is 24.1 Å². The van der Waals surface area contributed by atoms with Crippen LogP contribution >= 0.6 is 23.2 Å². The van der Waals surface area contributed by atoms with Crippen LogP contribution in [0.3, 0.4) is 0 Å². The molecule has 1 atom stereocenters. The van der Waals surface area contributed by atoms with Crippen molar-refractivity contribution in [1.29, 1.82) is 0 Å². The Morgan fingerprint density at radius 3 is 2.48 bits per heavy atom. The van der Waals surface area contributed by atoms with Gasteiger partial charge in [0.25, 0.3) is 0 Å². The van der Waals surface area contributed by atoms with E-state index < -0.39 is 0 Å². The van der Waals surface area contributed by atoms with Gasteiger partial charge in [-0.2, -0.15) is 0 Å². The number of nitrogens with one attached hydrogen (secondary N) is 1. The highest BCUT2D eigenvalue weighted by Crippen LogP contribution is 2.28. The van der Waals surface area contributed by atoms with E-state index in [-0.39, 0.29) is 11.2 Å². The van der Waals surface area contributed by atoms with Crippen LogP contribution in [0.5, 0.6) is 0 Å². The normalized spacial score (nSPS) is 12.3. The van der Waals surface area contributed by atoms with Crippen LogP contribution < -0.4 is 5.32 Å². The van der Waals surface area contributed by atoms with Crippen LogP contribution in [0.2, 0.25) is 10.2 Å². The summed E-state index contributed by atoms with van der Waals surface area (Å²) in [6.45, 7) is 2.49. The average Bonchev–Trinajstić information content (AvgIpc) is 3.11. The Morgan fingerprint density at radius 2 is 1.70 bits per heavy atom. The highest BCUT2D eigenvalue weighted by Gasteiger charge is 2.18. The molecule has 0 bridgehead atoms. The van der Waals surface area contributed by atoms with E-state index >= 15 is 0 Å². The molecule has 0 aliphatic heterocycles. The van der Waals surface area contributed by atoms with E-state index in [1.54, 1.807) is 4.68 Å². The quantitative estimate of drug-likeness (QED) is 0.525. The second-order valence-electron chi connectivity index (χ2n) is 6.15. The van der Waals surface area contributed by atoms with Gasteiger partial charge >= 0.3 is 0 Å². The minimum absolute atomic E-state index is 0.0265. The van der Waals surface area contributed by atoms with Crippen LogP contribution in [-0.4, -0.2) is 25.2 Å². The smallest absolute Gasteiger partial charge is 0.179 e. The number of aromatic nitrogens is 5. The van der Waals surface area contributed by atoms with E-state index in [0.717, 1.165) is 11.1 Å². The Morgan fingerprint density at radius 1 is 0.963 bits per heavy atom. The molecule has 0 amide bonds. The molecular formula is C19H16Cl2N6. The van der Waals surface area contributed by atoms with Crippen molar-refractivity contribution in [2.75, 3.05) is 5.32 Å². The van der Waals surface area contributed by atoms with Crippen LogP contribution in [0.15, 0.2) is 54.6 Å². The van der Waals surface area contributed by atoms with Gasteiger partial charge in [0.15, 0.2) is 16.5 Å². The fraction of sp³-hybridized carbons (Fsp3) is 0.158. The van der Waals surface area contributed by atoms with Crippen LogP contribution in [-0.2, 0) is 6.54 Å². The molecule has 0 saturated heterocycles. The first-order chi connectivity index (χ1) is 13.1. The molecule has 2 heterocycles. The molecule has 4 rings (SSSR count). The predicted octanol–water partition coefficient (Wildman–Crippen LogP) is 4.75. The number of fused-ring (bicyclic) bond motifs is 1. The maximum atomic E-state index is 6.30. The maximum absolute atomic E-state index is 6.30. The molecule has 6 nitrogen and oxygen atoms in total. The number of anilines is 1. The van der Waals surface area contributed by atoms with Crippen LogP contribution in [0, 0.1) is 0 Å². The highest BCUT2D eigenvalue weighted by atomic mass is 35.5. The summed E-state index contributed by atoms with van der Waals surface area (Å²) in [6, 6.07) is 17.7.